The summed E-state index contributed by atoms with van der Waals surface area (Å²) in [6.45, 7) is 2.60. The number of fused-ring (bicyclic) bond motifs is 1. The summed E-state index contributed by atoms with van der Waals surface area (Å²) in [6, 6.07) is 0. The molecule has 5 nitrogen and oxygen atoms in total. The minimum Gasteiger partial charge on any atom is -0.379 e. The number of halogens is 3. The van der Waals surface area contributed by atoms with E-state index in [0.29, 0.717) is 12.4 Å². The van der Waals surface area contributed by atoms with Gasteiger partial charge >= 0.3 is 6.18 Å². The van der Waals surface area contributed by atoms with E-state index in [1.807, 2.05) is 6.92 Å². The van der Waals surface area contributed by atoms with Gasteiger partial charge in [-0.05, 0) is 6.42 Å². The first-order valence-corrected chi connectivity index (χ1v) is 6.25. The third-order valence-electron chi connectivity index (χ3n) is 2.93. The highest BCUT2D eigenvalue weighted by Gasteiger charge is 2.41. The molecule has 0 radical (unpaired) electrons. The van der Waals surface area contributed by atoms with Crippen molar-refractivity contribution in [2.24, 2.45) is 0 Å². The fraction of sp³-hybridized carbons (Fsp3) is 0.500. The Hall–Kier alpha value is -1.83. The van der Waals surface area contributed by atoms with Gasteiger partial charge in [0.15, 0.2) is 6.10 Å². The summed E-state index contributed by atoms with van der Waals surface area (Å²) in [5.41, 5.74) is -0.00982. The van der Waals surface area contributed by atoms with E-state index >= 15 is 0 Å². The third-order valence-corrected chi connectivity index (χ3v) is 2.93. The van der Waals surface area contributed by atoms with Crippen molar-refractivity contribution in [3.8, 4) is 0 Å². The van der Waals surface area contributed by atoms with E-state index in [9.17, 15) is 18.3 Å². The van der Waals surface area contributed by atoms with E-state index in [1.54, 1.807) is 0 Å². The summed E-state index contributed by atoms with van der Waals surface area (Å²) in [5, 5.41) is 12.6. The number of hydrogen-bond donors (Lipinski definition) is 3. The van der Waals surface area contributed by atoms with Gasteiger partial charge in [0.2, 0.25) is 0 Å². The van der Waals surface area contributed by atoms with Crippen LogP contribution in [-0.4, -0.2) is 32.8 Å². The molecule has 2 aromatic heterocycles. The lowest BCUT2D eigenvalue weighted by Crippen LogP contribution is -2.20. The average molecular weight is 288 g/mol. The number of aromatic amines is 1. The van der Waals surface area contributed by atoms with Crippen LogP contribution in [-0.2, 0) is 0 Å². The molecule has 0 aromatic carbocycles. The predicted octanol–water partition coefficient (Wildman–Crippen LogP) is 2.77. The standard InChI is InChI=1S/C12H15F3N4O/c1-2-3-4-16-10-8-7(9(20)12(13,14)15)5-17-11(8)19-6-18-10/h5-6,9,20H,2-4H2,1H3,(H2,16,17,18,19). The molecule has 110 valence electrons. The summed E-state index contributed by atoms with van der Waals surface area (Å²) < 4.78 is 38.0. The highest BCUT2D eigenvalue weighted by atomic mass is 19.4. The van der Waals surface area contributed by atoms with E-state index in [-0.39, 0.29) is 16.6 Å². The van der Waals surface area contributed by atoms with Crippen LogP contribution in [0, 0.1) is 0 Å². The van der Waals surface area contributed by atoms with Crippen LogP contribution in [0.4, 0.5) is 19.0 Å². The topological polar surface area (TPSA) is 73.8 Å². The number of unbranched alkanes of at least 4 members (excludes halogenated alkanes) is 1. The Morgan fingerprint density at radius 3 is 2.80 bits per heavy atom. The normalized spacial score (nSPS) is 13.7. The fourth-order valence-corrected chi connectivity index (χ4v) is 1.90. The summed E-state index contributed by atoms with van der Waals surface area (Å²) in [4.78, 5) is 10.4. The molecule has 2 rings (SSSR count). The first kappa shape index (κ1) is 14.6. The van der Waals surface area contributed by atoms with Gasteiger partial charge in [-0.1, -0.05) is 13.3 Å². The van der Waals surface area contributed by atoms with E-state index in [2.05, 4.69) is 20.3 Å². The largest absolute Gasteiger partial charge is 0.418 e. The van der Waals surface area contributed by atoms with E-state index in [1.165, 1.54) is 6.33 Å². The molecule has 0 saturated heterocycles. The SMILES string of the molecule is CCCCNc1ncnc2[nH]cc(C(O)C(F)(F)F)c12. The first-order chi connectivity index (χ1) is 9.45. The van der Waals surface area contributed by atoms with Crippen LogP contribution in [0.25, 0.3) is 11.0 Å². The van der Waals surface area contributed by atoms with Crippen molar-refractivity contribution in [2.75, 3.05) is 11.9 Å². The molecular weight excluding hydrogens is 273 g/mol. The number of nitrogens with one attached hydrogen (secondary N) is 2. The maximum Gasteiger partial charge on any atom is 0.418 e. The van der Waals surface area contributed by atoms with Gasteiger partial charge in [0.25, 0.3) is 0 Å². The first-order valence-electron chi connectivity index (χ1n) is 6.25. The van der Waals surface area contributed by atoms with Crippen molar-refractivity contribution < 1.29 is 18.3 Å². The number of aromatic nitrogens is 3. The fourth-order valence-electron chi connectivity index (χ4n) is 1.90. The van der Waals surface area contributed by atoms with Crippen molar-refractivity contribution in [2.45, 2.75) is 32.0 Å². The number of rotatable bonds is 5. The molecular formula is C12H15F3N4O. The number of hydrogen-bond acceptors (Lipinski definition) is 4. The summed E-state index contributed by atoms with van der Waals surface area (Å²) in [7, 11) is 0. The Morgan fingerprint density at radius 2 is 2.15 bits per heavy atom. The van der Waals surface area contributed by atoms with Crippen LogP contribution in [0.1, 0.15) is 31.4 Å². The number of nitrogens with zero attached hydrogens (tertiary/aromatic N) is 2. The molecule has 0 spiro atoms. The molecule has 0 aliphatic heterocycles. The van der Waals surface area contributed by atoms with Crippen LogP contribution in [0.15, 0.2) is 12.5 Å². The average Bonchev–Trinajstić information content (AvgIpc) is 2.81. The number of alkyl halides is 3. The molecule has 0 bridgehead atoms. The monoisotopic (exact) mass is 288 g/mol. The maximum atomic E-state index is 12.7. The Bertz CT molecular complexity index is 582. The lowest BCUT2D eigenvalue weighted by atomic mass is 10.1. The Labute approximate surface area is 113 Å². The Balaban J connectivity index is 2.41. The highest BCUT2D eigenvalue weighted by molar-refractivity contribution is 5.90. The van der Waals surface area contributed by atoms with Gasteiger partial charge in [0.1, 0.15) is 17.8 Å². The molecule has 1 unspecified atom stereocenters. The van der Waals surface area contributed by atoms with Gasteiger partial charge in [-0.15, -0.1) is 0 Å². The van der Waals surface area contributed by atoms with Gasteiger partial charge in [0, 0.05) is 18.3 Å². The molecule has 8 heteroatoms. The maximum absolute atomic E-state index is 12.7. The number of H-pyrrole nitrogens is 1. The summed E-state index contributed by atoms with van der Waals surface area (Å²) >= 11 is 0. The van der Waals surface area contributed by atoms with Crippen LogP contribution >= 0.6 is 0 Å². The lowest BCUT2D eigenvalue weighted by molar-refractivity contribution is -0.206. The minimum absolute atomic E-state index is 0.174. The van der Waals surface area contributed by atoms with Gasteiger partial charge in [-0.2, -0.15) is 13.2 Å². The molecule has 0 amide bonds. The quantitative estimate of drug-likeness (QED) is 0.740. The van der Waals surface area contributed by atoms with Gasteiger partial charge in [-0.3, -0.25) is 0 Å². The van der Waals surface area contributed by atoms with E-state index in [0.717, 1.165) is 19.0 Å². The van der Waals surface area contributed by atoms with Gasteiger partial charge in [0.05, 0.1) is 5.39 Å². The lowest BCUT2D eigenvalue weighted by Gasteiger charge is -2.14. The smallest absolute Gasteiger partial charge is 0.379 e. The van der Waals surface area contributed by atoms with Crippen molar-refractivity contribution in [3.05, 3.63) is 18.1 Å². The van der Waals surface area contributed by atoms with Crippen LogP contribution in [0.2, 0.25) is 0 Å². The Kier molecular flexibility index (Phi) is 4.12. The van der Waals surface area contributed by atoms with Crippen molar-refractivity contribution >= 4 is 16.9 Å². The van der Waals surface area contributed by atoms with Crippen LogP contribution < -0.4 is 5.32 Å². The molecule has 3 N–H and O–H groups in total. The molecule has 20 heavy (non-hydrogen) atoms. The highest BCUT2D eigenvalue weighted by Crippen LogP contribution is 2.37. The molecule has 0 saturated carbocycles. The van der Waals surface area contributed by atoms with Crippen molar-refractivity contribution in [3.63, 3.8) is 0 Å². The Morgan fingerprint density at radius 1 is 1.40 bits per heavy atom. The van der Waals surface area contributed by atoms with E-state index in [4.69, 9.17) is 0 Å². The zero-order valence-electron chi connectivity index (χ0n) is 10.8. The zero-order chi connectivity index (χ0) is 14.8. The molecule has 0 aliphatic carbocycles. The molecule has 1 atom stereocenters. The third kappa shape index (κ3) is 2.84. The summed E-state index contributed by atoms with van der Waals surface area (Å²) in [5.74, 6) is 0.294. The van der Waals surface area contributed by atoms with Gasteiger partial charge < -0.3 is 15.4 Å². The number of aliphatic hydroxyl groups is 1. The van der Waals surface area contributed by atoms with Crippen LogP contribution in [0.5, 0.6) is 0 Å². The van der Waals surface area contributed by atoms with E-state index < -0.39 is 12.3 Å². The molecule has 0 aliphatic rings. The second-order valence-corrected chi connectivity index (χ2v) is 4.41. The zero-order valence-corrected chi connectivity index (χ0v) is 10.8. The van der Waals surface area contributed by atoms with Gasteiger partial charge in [-0.25, -0.2) is 9.97 Å². The minimum atomic E-state index is -4.73. The molecule has 0 fully saturated rings. The second kappa shape index (κ2) is 5.66. The summed E-state index contributed by atoms with van der Waals surface area (Å²) in [6.07, 6.45) is -3.10. The number of aliphatic hydroxyl groups excluding tert-OH is 1. The molecule has 2 heterocycles. The number of anilines is 1. The van der Waals surface area contributed by atoms with Crippen molar-refractivity contribution in [1.82, 2.24) is 15.0 Å². The second-order valence-electron chi connectivity index (χ2n) is 4.41. The van der Waals surface area contributed by atoms with Crippen LogP contribution in [0.3, 0.4) is 0 Å². The predicted molar refractivity (Wildman–Crippen MR) is 68.3 cm³/mol. The van der Waals surface area contributed by atoms with Crippen molar-refractivity contribution in [1.29, 1.82) is 0 Å². The molecule has 2 aromatic rings.